The van der Waals surface area contributed by atoms with Crippen LogP contribution in [0.3, 0.4) is 0 Å². The Morgan fingerprint density at radius 2 is 1.85 bits per heavy atom. The molecule has 1 aliphatic rings. The molecule has 0 bridgehead atoms. The molecular formula is C16H22FNO2. The molecule has 2 rings (SSSR count). The number of rotatable bonds is 5. The largest absolute Gasteiger partial charge is 0.481 e. The highest BCUT2D eigenvalue weighted by Crippen LogP contribution is 2.37. The Hall–Kier alpha value is -1.42. The number of benzene rings is 1. The number of carboxylic acid groups (broad SMARTS) is 1. The lowest BCUT2D eigenvalue weighted by molar-refractivity contribution is -0.152. The van der Waals surface area contributed by atoms with Crippen LogP contribution in [0.15, 0.2) is 24.3 Å². The number of carbonyl (C=O) groups is 1. The fourth-order valence-electron chi connectivity index (χ4n) is 3.14. The molecule has 0 radical (unpaired) electrons. The summed E-state index contributed by atoms with van der Waals surface area (Å²) in [5, 5.41) is 9.56. The van der Waals surface area contributed by atoms with Gasteiger partial charge in [-0.1, -0.05) is 31.4 Å². The molecule has 0 amide bonds. The van der Waals surface area contributed by atoms with Gasteiger partial charge in [0.05, 0.1) is 5.41 Å². The number of nitrogens with zero attached hydrogens (tertiary/aromatic N) is 1. The van der Waals surface area contributed by atoms with Crippen molar-refractivity contribution in [2.45, 2.75) is 38.6 Å². The average molecular weight is 279 g/mol. The van der Waals surface area contributed by atoms with E-state index >= 15 is 0 Å². The average Bonchev–Trinajstić information content (AvgIpc) is 2.42. The lowest BCUT2D eigenvalue weighted by atomic mass is 9.73. The minimum absolute atomic E-state index is 0.245. The first-order chi connectivity index (χ1) is 9.52. The second-order valence-corrected chi connectivity index (χ2v) is 5.94. The number of hydrogen-bond donors (Lipinski definition) is 1. The van der Waals surface area contributed by atoms with Crippen LogP contribution in [-0.2, 0) is 11.3 Å². The highest BCUT2D eigenvalue weighted by molar-refractivity contribution is 5.75. The first-order valence-corrected chi connectivity index (χ1v) is 7.18. The Labute approximate surface area is 119 Å². The van der Waals surface area contributed by atoms with E-state index in [1.54, 1.807) is 12.1 Å². The number of halogens is 1. The van der Waals surface area contributed by atoms with E-state index < -0.39 is 11.4 Å². The van der Waals surface area contributed by atoms with Gasteiger partial charge in [0.1, 0.15) is 5.82 Å². The van der Waals surface area contributed by atoms with Crippen molar-refractivity contribution < 1.29 is 14.3 Å². The van der Waals surface area contributed by atoms with Crippen LogP contribution in [0.25, 0.3) is 0 Å². The molecule has 4 heteroatoms. The normalized spacial score (nSPS) is 18.1. The van der Waals surface area contributed by atoms with Gasteiger partial charge in [0, 0.05) is 13.1 Å². The van der Waals surface area contributed by atoms with Gasteiger partial charge in [-0.25, -0.2) is 4.39 Å². The molecule has 0 saturated heterocycles. The van der Waals surface area contributed by atoms with Gasteiger partial charge in [-0.05, 0) is 37.6 Å². The molecule has 1 N–H and O–H groups in total. The summed E-state index contributed by atoms with van der Waals surface area (Å²) in [5.41, 5.74) is 0.401. The van der Waals surface area contributed by atoms with Gasteiger partial charge in [-0.2, -0.15) is 0 Å². The lowest BCUT2D eigenvalue weighted by Crippen LogP contribution is -2.43. The van der Waals surface area contributed by atoms with Gasteiger partial charge < -0.3 is 10.0 Å². The quantitative estimate of drug-likeness (QED) is 0.899. The third-order valence-corrected chi connectivity index (χ3v) is 4.20. The predicted octanol–water partition coefficient (Wildman–Crippen LogP) is 3.29. The molecule has 1 aliphatic carbocycles. The Bertz CT molecular complexity index is 452. The zero-order chi connectivity index (χ0) is 14.6. The molecule has 1 fully saturated rings. The van der Waals surface area contributed by atoms with E-state index in [-0.39, 0.29) is 5.82 Å². The molecule has 1 aromatic carbocycles. The Morgan fingerprint density at radius 1 is 1.25 bits per heavy atom. The van der Waals surface area contributed by atoms with Crippen LogP contribution >= 0.6 is 0 Å². The molecule has 110 valence electrons. The van der Waals surface area contributed by atoms with Crippen LogP contribution in [0.5, 0.6) is 0 Å². The highest BCUT2D eigenvalue weighted by atomic mass is 19.1. The van der Waals surface area contributed by atoms with Crippen molar-refractivity contribution in [3.63, 3.8) is 0 Å². The SMILES string of the molecule is CN(Cc1ccc(F)cc1)CC1(C(=O)O)CCCCC1. The molecule has 20 heavy (non-hydrogen) atoms. The van der Waals surface area contributed by atoms with Gasteiger partial charge >= 0.3 is 5.97 Å². The smallest absolute Gasteiger partial charge is 0.310 e. The van der Waals surface area contributed by atoms with Gasteiger partial charge in [0.15, 0.2) is 0 Å². The molecule has 3 nitrogen and oxygen atoms in total. The summed E-state index contributed by atoms with van der Waals surface area (Å²) >= 11 is 0. The van der Waals surface area contributed by atoms with E-state index in [2.05, 4.69) is 0 Å². The maximum absolute atomic E-state index is 12.9. The van der Waals surface area contributed by atoms with Crippen molar-refractivity contribution >= 4 is 5.97 Å². The van der Waals surface area contributed by atoms with Crippen molar-refractivity contribution in [3.05, 3.63) is 35.6 Å². The first kappa shape index (κ1) is 15.0. The zero-order valence-electron chi connectivity index (χ0n) is 11.9. The maximum atomic E-state index is 12.9. The van der Waals surface area contributed by atoms with Crippen molar-refractivity contribution in [1.82, 2.24) is 4.90 Å². The van der Waals surface area contributed by atoms with Crippen LogP contribution in [0.4, 0.5) is 4.39 Å². The fourth-order valence-corrected chi connectivity index (χ4v) is 3.14. The molecule has 0 atom stereocenters. The van der Waals surface area contributed by atoms with E-state index in [9.17, 15) is 14.3 Å². The van der Waals surface area contributed by atoms with Crippen molar-refractivity contribution in [2.24, 2.45) is 5.41 Å². The molecular weight excluding hydrogens is 257 g/mol. The summed E-state index contributed by atoms with van der Waals surface area (Å²) in [6.07, 6.45) is 4.65. The minimum atomic E-state index is -0.678. The summed E-state index contributed by atoms with van der Waals surface area (Å²) in [6.45, 7) is 1.20. The first-order valence-electron chi connectivity index (χ1n) is 7.18. The molecule has 1 aromatic rings. The fraction of sp³-hybridized carbons (Fsp3) is 0.562. The van der Waals surface area contributed by atoms with Gasteiger partial charge in [0.2, 0.25) is 0 Å². The van der Waals surface area contributed by atoms with Gasteiger partial charge in [0.25, 0.3) is 0 Å². The lowest BCUT2D eigenvalue weighted by Gasteiger charge is -2.36. The van der Waals surface area contributed by atoms with E-state index in [0.29, 0.717) is 13.1 Å². The van der Waals surface area contributed by atoms with Crippen LogP contribution in [0, 0.1) is 11.2 Å². The summed E-state index contributed by atoms with van der Waals surface area (Å²) in [5.74, 6) is -0.922. The number of carboxylic acids is 1. The van der Waals surface area contributed by atoms with E-state index in [1.165, 1.54) is 12.1 Å². The van der Waals surface area contributed by atoms with Crippen LogP contribution < -0.4 is 0 Å². The van der Waals surface area contributed by atoms with Gasteiger partial charge in [-0.3, -0.25) is 4.79 Å². The van der Waals surface area contributed by atoms with Crippen LogP contribution in [0.1, 0.15) is 37.7 Å². The number of hydrogen-bond acceptors (Lipinski definition) is 2. The summed E-state index contributed by atoms with van der Waals surface area (Å²) in [6, 6.07) is 6.38. The molecule has 0 spiro atoms. The molecule has 0 aliphatic heterocycles. The second-order valence-electron chi connectivity index (χ2n) is 5.94. The molecule has 1 saturated carbocycles. The molecule has 0 aromatic heterocycles. The Balaban J connectivity index is 1.99. The molecule has 0 heterocycles. The second kappa shape index (κ2) is 6.35. The summed E-state index contributed by atoms with van der Waals surface area (Å²) in [7, 11) is 1.93. The monoisotopic (exact) mass is 279 g/mol. The maximum Gasteiger partial charge on any atom is 0.310 e. The standard InChI is InChI=1S/C16H22FNO2/c1-18(11-13-5-7-14(17)8-6-13)12-16(15(19)20)9-3-2-4-10-16/h5-8H,2-4,9-12H2,1H3,(H,19,20). The van der Waals surface area contributed by atoms with Crippen LogP contribution in [-0.4, -0.2) is 29.6 Å². The van der Waals surface area contributed by atoms with Crippen molar-refractivity contribution in [2.75, 3.05) is 13.6 Å². The van der Waals surface area contributed by atoms with Crippen LogP contribution in [0.2, 0.25) is 0 Å². The minimum Gasteiger partial charge on any atom is -0.481 e. The highest BCUT2D eigenvalue weighted by Gasteiger charge is 2.40. The topological polar surface area (TPSA) is 40.5 Å². The Morgan fingerprint density at radius 3 is 2.40 bits per heavy atom. The number of aliphatic carboxylic acids is 1. The zero-order valence-corrected chi connectivity index (χ0v) is 11.9. The third-order valence-electron chi connectivity index (χ3n) is 4.20. The van der Waals surface area contributed by atoms with Gasteiger partial charge in [-0.15, -0.1) is 0 Å². The van der Waals surface area contributed by atoms with E-state index in [0.717, 1.165) is 37.7 Å². The third kappa shape index (κ3) is 3.57. The van der Waals surface area contributed by atoms with Crippen molar-refractivity contribution in [3.8, 4) is 0 Å². The summed E-state index contributed by atoms with van der Waals surface area (Å²) < 4.78 is 12.9. The predicted molar refractivity (Wildman–Crippen MR) is 75.9 cm³/mol. The summed E-state index contributed by atoms with van der Waals surface area (Å²) in [4.78, 5) is 13.7. The van der Waals surface area contributed by atoms with E-state index in [4.69, 9.17) is 0 Å². The van der Waals surface area contributed by atoms with E-state index in [1.807, 2.05) is 11.9 Å². The Kier molecular flexibility index (Phi) is 4.76. The molecule has 0 unspecified atom stereocenters. The van der Waals surface area contributed by atoms with Crippen molar-refractivity contribution in [1.29, 1.82) is 0 Å².